The van der Waals surface area contributed by atoms with Gasteiger partial charge < -0.3 is 10.6 Å². The minimum absolute atomic E-state index is 0.758. The second-order valence-electron chi connectivity index (χ2n) is 3.27. The second-order valence-corrected chi connectivity index (χ2v) is 3.27. The van der Waals surface area contributed by atoms with E-state index in [1.54, 1.807) is 0 Å². The number of pyridine rings is 1. The van der Waals surface area contributed by atoms with Crippen LogP contribution in [0.2, 0.25) is 0 Å². The van der Waals surface area contributed by atoms with Crippen LogP contribution in [0, 0.1) is 6.92 Å². The Bertz CT molecular complexity index is 283. The van der Waals surface area contributed by atoms with E-state index >= 15 is 0 Å². The fraction of sp³-hybridized carbons (Fsp3) is 0.500. The second kappa shape index (κ2) is 4.12. The van der Waals surface area contributed by atoms with Gasteiger partial charge in [-0.2, -0.15) is 0 Å². The maximum Gasteiger partial charge on any atom is 0.128 e. The van der Waals surface area contributed by atoms with E-state index in [2.05, 4.69) is 16.8 Å². The highest BCUT2D eigenvalue weighted by Crippen LogP contribution is 2.14. The molecule has 0 spiro atoms. The molecule has 0 aliphatic heterocycles. The summed E-state index contributed by atoms with van der Waals surface area (Å²) in [5, 5.41) is 0. The minimum atomic E-state index is 0.758. The van der Waals surface area contributed by atoms with Crippen molar-refractivity contribution in [2.75, 3.05) is 24.2 Å². The summed E-state index contributed by atoms with van der Waals surface area (Å²) in [6.45, 7) is 5.11. The Kier molecular flexibility index (Phi) is 3.12. The average molecular weight is 179 g/mol. The number of nitrogens with zero attached hydrogens (tertiary/aromatic N) is 2. The lowest BCUT2D eigenvalue weighted by Crippen LogP contribution is -2.19. The van der Waals surface area contributed by atoms with Crippen molar-refractivity contribution in [2.45, 2.75) is 20.3 Å². The van der Waals surface area contributed by atoms with E-state index in [9.17, 15) is 0 Å². The first-order valence-electron chi connectivity index (χ1n) is 4.59. The van der Waals surface area contributed by atoms with Crippen LogP contribution in [0.1, 0.15) is 19.0 Å². The number of anilines is 2. The first-order valence-corrected chi connectivity index (χ1v) is 4.59. The van der Waals surface area contributed by atoms with Crippen LogP contribution in [-0.2, 0) is 0 Å². The number of nitrogen functional groups attached to an aromatic ring is 1. The molecule has 3 nitrogen and oxygen atoms in total. The Labute approximate surface area is 79.6 Å². The zero-order valence-electron chi connectivity index (χ0n) is 8.54. The van der Waals surface area contributed by atoms with Gasteiger partial charge >= 0.3 is 0 Å². The van der Waals surface area contributed by atoms with Gasteiger partial charge in [-0.3, -0.25) is 0 Å². The van der Waals surface area contributed by atoms with Crippen LogP contribution >= 0.6 is 0 Å². The summed E-state index contributed by atoms with van der Waals surface area (Å²) in [6.07, 6.45) is 1.13. The first-order chi connectivity index (χ1) is 6.15. The van der Waals surface area contributed by atoms with Crippen LogP contribution in [0.5, 0.6) is 0 Å². The number of nitrogens with two attached hydrogens (primary N) is 1. The van der Waals surface area contributed by atoms with Crippen LogP contribution < -0.4 is 10.6 Å². The number of hydrogen-bond donors (Lipinski definition) is 1. The van der Waals surface area contributed by atoms with Crippen molar-refractivity contribution in [1.29, 1.82) is 0 Å². The number of aryl methyl sites for hydroxylation is 1. The molecule has 0 saturated heterocycles. The Morgan fingerprint density at radius 3 is 2.69 bits per heavy atom. The van der Waals surface area contributed by atoms with E-state index in [1.165, 1.54) is 0 Å². The topological polar surface area (TPSA) is 42.1 Å². The van der Waals surface area contributed by atoms with Crippen LogP contribution in [0.25, 0.3) is 0 Å². The molecule has 0 bridgehead atoms. The van der Waals surface area contributed by atoms with Gasteiger partial charge in [0.05, 0.1) is 11.4 Å². The number of aromatic nitrogens is 1. The zero-order chi connectivity index (χ0) is 9.84. The lowest BCUT2D eigenvalue weighted by Gasteiger charge is -2.17. The van der Waals surface area contributed by atoms with E-state index < -0.39 is 0 Å². The smallest absolute Gasteiger partial charge is 0.128 e. The van der Waals surface area contributed by atoms with Crippen molar-refractivity contribution in [1.82, 2.24) is 4.98 Å². The van der Waals surface area contributed by atoms with Gasteiger partial charge in [0, 0.05) is 13.6 Å². The van der Waals surface area contributed by atoms with Crippen molar-refractivity contribution in [3.63, 3.8) is 0 Å². The fourth-order valence-electron chi connectivity index (χ4n) is 1.22. The Morgan fingerprint density at radius 2 is 2.15 bits per heavy atom. The Hall–Kier alpha value is -1.25. The van der Waals surface area contributed by atoms with E-state index in [0.29, 0.717) is 0 Å². The monoisotopic (exact) mass is 179 g/mol. The third-order valence-electron chi connectivity index (χ3n) is 2.06. The van der Waals surface area contributed by atoms with Gasteiger partial charge in [0.25, 0.3) is 0 Å². The maximum absolute atomic E-state index is 5.68. The molecule has 2 N–H and O–H groups in total. The van der Waals surface area contributed by atoms with Crippen molar-refractivity contribution in [3.05, 3.63) is 17.8 Å². The molecule has 72 valence electrons. The molecule has 0 atom stereocenters. The van der Waals surface area contributed by atoms with Gasteiger partial charge in [0.2, 0.25) is 0 Å². The summed E-state index contributed by atoms with van der Waals surface area (Å²) in [7, 11) is 2.04. The molecule has 0 aromatic carbocycles. The SMILES string of the molecule is CCCN(C)c1ccc(N)c(C)n1. The van der Waals surface area contributed by atoms with Gasteiger partial charge in [-0.1, -0.05) is 6.92 Å². The summed E-state index contributed by atoms with van der Waals surface area (Å²) >= 11 is 0. The van der Waals surface area contributed by atoms with Gasteiger partial charge in [-0.15, -0.1) is 0 Å². The molecule has 0 radical (unpaired) electrons. The third-order valence-corrected chi connectivity index (χ3v) is 2.06. The quantitative estimate of drug-likeness (QED) is 0.769. The summed E-state index contributed by atoms with van der Waals surface area (Å²) in [5.74, 6) is 0.994. The van der Waals surface area contributed by atoms with Gasteiger partial charge in [0.1, 0.15) is 5.82 Å². The highest BCUT2D eigenvalue weighted by atomic mass is 15.2. The molecule has 0 aliphatic rings. The molecule has 0 unspecified atom stereocenters. The first kappa shape index (κ1) is 9.84. The molecule has 1 rings (SSSR count). The van der Waals surface area contributed by atoms with Crippen LogP contribution in [-0.4, -0.2) is 18.6 Å². The van der Waals surface area contributed by atoms with Crippen LogP contribution in [0.4, 0.5) is 11.5 Å². The Balaban J connectivity index is 2.84. The zero-order valence-corrected chi connectivity index (χ0v) is 8.54. The predicted molar refractivity (Wildman–Crippen MR) is 56.9 cm³/mol. The van der Waals surface area contributed by atoms with Gasteiger partial charge in [0.15, 0.2) is 0 Å². The molecule has 0 fully saturated rings. The highest BCUT2D eigenvalue weighted by molar-refractivity contribution is 5.49. The molecular weight excluding hydrogens is 162 g/mol. The number of hydrogen-bond acceptors (Lipinski definition) is 3. The molecule has 0 aliphatic carbocycles. The average Bonchev–Trinajstić information content (AvgIpc) is 2.10. The summed E-state index contributed by atoms with van der Waals surface area (Å²) in [4.78, 5) is 6.52. The van der Waals surface area contributed by atoms with Crippen molar-refractivity contribution >= 4 is 11.5 Å². The van der Waals surface area contributed by atoms with E-state index in [4.69, 9.17) is 5.73 Å². The molecular formula is C10H17N3. The fourth-order valence-corrected chi connectivity index (χ4v) is 1.22. The Morgan fingerprint density at radius 1 is 1.46 bits per heavy atom. The van der Waals surface area contributed by atoms with Crippen molar-refractivity contribution in [3.8, 4) is 0 Å². The van der Waals surface area contributed by atoms with Crippen molar-refractivity contribution in [2.24, 2.45) is 0 Å². The largest absolute Gasteiger partial charge is 0.397 e. The molecule has 1 heterocycles. The van der Waals surface area contributed by atoms with Crippen LogP contribution in [0.15, 0.2) is 12.1 Å². The van der Waals surface area contributed by atoms with Gasteiger partial charge in [-0.25, -0.2) is 4.98 Å². The molecule has 1 aromatic heterocycles. The van der Waals surface area contributed by atoms with E-state index in [-0.39, 0.29) is 0 Å². The summed E-state index contributed by atoms with van der Waals surface area (Å²) in [5.41, 5.74) is 7.34. The van der Waals surface area contributed by atoms with E-state index in [0.717, 1.165) is 30.2 Å². The predicted octanol–water partition coefficient (Wildman–Crippen LogP) is 1.82. The van der Waals surface area contributed by atoms with E-state index in [1.807, 2.05) is 26.1 Å². The molecule has 1 aromatic rings. The van der Waals surface area contributed by atoms with Crippen LogP contribution in [0.3, 0.4) is 0 Å². The molecule has 0 saturated carbocycles. The summed E-state index contributed by atoms with van der Waals surface area (Å²) < 4.78 is 0. The highest BCUT2D eigenvalue weighted by Gasteiger charge is 2.02. The normalized spacial score (nSPS) is 10.1. The maximum atomic E-state index is 5.68. The lowest BCUT2D eigenvalue weighted by atomic mass is 10.3. The minimum Gasteiger partial charge on any atom is -0.397 e. The van der Waals surface area contributed by atoms with Crippen molar-refractivity contribution < 1.29 is 0 Å². The number of rotatable bonds is 3. The molecule has 3 heteroatoms. The standard InChI is InChI=1S/C10H17N3/c1-4-7-13(3)10-6-5-9(11)8(2)12-10/h5-6H,4,7,11H2,1-3H3. The molecule has 13 heavy (non-hydrogen) atoms. The molecule has 0 amide bonds. The third kappa shape index (κ3) is 2.34. The summed E-state index contributed by atoms with van der Waals surface area (Å²) in [6, 6.07) is 3.86. The lowest BCUT2D eigenvalue weighted by molar-refractivity contribution is 0.835. The van der Waals surface area contributed by atoms with Gasteiger partial charge in [-0.05, 0) is 25.5 Å².